The van der Waals surface area contributed by atoms with Gasteiger partial charge in [0.1, 0.15) is 5.75 Å². The number of nitrogen functional groups attached to an aromatic ring is 1. The van der Waals surface area contributed by atoms with Gasteiger partial charge in [-0.1, -0.05) is 42.5 Å². The molecule has 0 saturated heterocycles. The number of anilines is 1. The van der Waals surface area contributed by atoms with Gasteiger partial charge in [-0.3, -0.25) is 4.79 Å². The molecule has 7 nitrogen and oxygen atoms in total. The van der Waals surface area contributed by atoms with Gasteiger partial charge in [-0.25, -0.2) is 0 Å². The van der Waals surface area contributed by atoms with Crippen molar-refractivity contribution < 1.29 is 9.53 Å². The third kappa shape index (κ3) is 3.66. The molecule has 1 heterocycles. The molecule has 3 aromatic rings. The lowest BCUT2D eigenvalue weighted by atomic mass is 10.0. The molecule has 0 radical (unpaired) electrons. The van der Waals surface area contributed by atoms with E-state index < -0.39 is 0 Å². The predicted molar refractivity (Wildman–Crippen MR) is 99.5 cm³/mol. The first-order chi connectivity index (χ1) is 12.6. The lowest BCUT2D eigenvalue weighted by Gasteiger charge is -2.12. The van der Waals surface area contributed by atoms with Crippen LogP contribution in [0.25, 0.3) is 5.69 Å². The van der Waals surface area contributed by atoms with Crippen molar-refractivity contribution in [1.29, 1.82) is 0 Å². The average molecular weight is 351 g/mol. The van der Waals surface area contributed by atoms with Gasteiger partial charge in [0.25, 0.3) is 5.91 Å². The minimum atomic E-state index is -0.343. The predicted octanol–water partition coefficient (Wildman–Crippen LogP) is 2.39. The fourth-order valence-electron chi connectivity index (χ4n) is 2.59. The van der Waals surface area contributed by atoms with Crippen molar-refractivity contribution in [2.45, 2.75) is 12.8 Å². The molecule has 0 aliphatic carbocycles. The minimum Gasteiger partial charge on any atom is -0.497 e. The molecule has 3 rings (SSSR count). The Hall–Kier alpha value is -3.35. The summed E-state index contributed by atoms with van der Waals surface area (Å²) in [4.78, 5) is 12.4. The Kier molecular flexibility index (Phi) is 5.17. The summed E-state index contributed by atoms with van der Waals surface area (Å²) in [6.45, 7) is 2.53. The molecule has 1 atom stereocenters. The van der Waals surface area contributed by atoms with E-state index >= 15 is 0 Å². The third-order valence-corrected chi connectivity index (χ3v) is 4.17. The number of nitrogens with zero attached hydrogens (tertiary/aromatic N) is 3. The zero-order valence-corrected chi connectivity index (χ0v) is 14.7. The quantitative estimate of drug-likeness (QED) is 0.711. The molecule has 134 valence electrons. The Morgan fingerprint density at radius 1 is 1.19 bits per heavy atom. The molecule has 0 saturated carbocycles. The number of benzene rings is 2. The molecule has 0 fully saturated rings. The zero-order valence-electron chi connectivity index (χ0n) is 14.7. The van der Waals surface area contributed by atoms with Crippen molar-refractivity contribution in [2.75, 3.05) is 19.4 Å². The molecule has 0 aliphatic rings. The van der Waals surface area contributed by atoms with E-state index in [4.69, 9.17) is 10.5 Å². The van der Waals surface area contributed by atoms with Crippen LogP contribution >= 0.6 is 0 Å². The number of hydrogen-bond acceptors (Lipinski definition) is 5. The number of amides is 1. The largest absolute Gasteiger partial charge is 0.497 e. The van der Waals surface area contributed by atoms with E-state index in [2.05, 4.69) is 15.6 Å². The molecule has 1 amide bonds. The molecular formula is C19H21N5O2. The maximum atomic E-state index is 12.4. The second-order valence-corrected chi connectivity index (χ2v) is 5.95. The van der Waals surface area contributed by atoms with Crippen LogP contribution in [-0.2, 0) is 0 Å². The summed E-state index contributed by atoms with van der Waals surface area (Å²) >= 11 is 0. The highest BCUT2D eigenvalue weighted by atomic mass is 16.5. The van der Waals surface area contributed by atoms with E-state index in [1.54, 1.807) is 31.4 Å². The highest BCUT2D eigenvalue weighted by Gasteiger charge is 2.19. The molecule has 0 aliphatic heterocycles. The van der Waals surface area contributed by atoms with Crippen LogP contribution < -0.4 is 15.8 Å². The Morgan fingerprint density at radius 2 is 1.88 bits per heavy atom. The van der Waals surface area contributed by atoms with Crippen LogP contribution in [0.15, 0.2) is 54.6 Å². The molecule has 3 N–H and O–H groups in total. The number of nitrogens with one attached hydrogen (secondary N) is 1. The van der Waals surface area contributed by atoms with Crippen molar-refractivity contribution in [3.05, 3.63) is 65.9 Å². The Labute approximate surface area is 151 Å². The number of nitrogens with two attached hydrogens (primary N) is 1. The highest BCUT2D eigenvalue weighted by molar-refractivity contribution is 5.96. The average Bonchev–Trinajstić information content (AvgIpc) is 3.08. The lowest BCUT2D eigenvalue weighted by Crippen LogP contribution is -2.28. The summed E-state index contributed by atoms with van der Waals surface area (Å²) in [6.07, 6.45) is 0. The number of methoxy groups -OCH3 is 1. The zero-order chi connectivity index (χ0) is 18.5. The molecule has 0 spiro atoms. The monoisotopic (exact) mass is 351 g/mol. The summed E-state index contributed by atoms with van der Waals surface area (Å²) in [5, 5.41) is 10.8. The van der Waals surface area contributed by atoms with Gasteiger partial charge in [0.2, 0.25) is 0 Å². The Morgan fingerprint density at radius 3 is 2.54 bits per heavy atom. The maximum absolute atomic E-state index is 12.4. The molecule has 0 bridgehead atoms. The van der Waals surface area contributed by atoms with Gasteiger partial charge in [0, 0.05) is 6.54 Å². The number of carbonyl (C=O) groups is 1. The van der Waals surface area contributed by atoms with Crippen molar-refractivity contribution in [1.82, 2.24) is 20.3 Å². The van der Waals surface area contributed by atoms with E-state index in [9.17, 15) is 4.79 Å². The molecule has 1 unspecified atom stereocenters. The second-order valence-electron chi connectivity index (χ2n) is 5.95. The number of carbonyl (C=O) groups excluding carboxylic acids is 1. The van der Waals surface area contributed by atoms with Gasteiger partial charge >= 0.3 is 0 Å². The van der Waals surface area contributed by atoms with Gasteiger partial charge in [-0.05, 0) is 35.7 Å². The highest BCUT2D eigenvalue weighted by Crippen LogP contribution is 2.19. The molecule has 7 heteroatoms. The number of ether oxygens (including phenoxy) is 1. The van der Waals surface area contributed by atoms with Crippen LogP contribution in [0.2, 0.25) is 0 Å². The van der Waals surface area contributed by atoms with E-state index in [1.165, 1.54) is 4.68 Å². The van der Waals surface area contributed by atoms with E-state index in [0.717, 1.165) is 11.3 Å². The SMILES string of the molecule is COc1ccc(-n2nnc(C(=O)NCC(C)c3ccccc3)c2N)cc1. The van der Waals surface area contributed by atoms with Crippen molar-refractivity contribution in [2.24, 2.45) is 0 Å². The molecular weight excluding hydrogens is 330 g/mol. The minimum absolute atomic E-state index is 0.112. The summed E-state index contributed by atoms with van der Waals surface area (Å²) in [5.41, 5.74) is 8.04. The Balaban J connectivity index is 1.69. The first-order valence-electron chi connectivity index (χ1n) is 8.29. The molecule has 2 aromatic carbocycles. The first kappa shape index (κ1) is 17.5. The summed E-state index contributed by atoms with van der Waals surface area (Å²) < 4.78 is 6.55. The van der Waals surface area contributed by atoms with Crippen LogP contribution in [0, 0.1) is 0 Å². The van der Waals surface area contributed by atoms with Crippen LogP contribution in [0.3, 0.4) is 0 Å². The van der Waals surface area contributed by atoms with Crippen LogP contribution in [-0.4, -0.2) is 34.6 Å². The number of aromatic nitrogens is 3. The summed E-state index contributed by atoms with van der Waals surface area (Å²) in [6, 6.07) is 17.2. The van der Waals surface area contributed by atoms with E-state index in [1.807, 2.05) is 37.3 Å². The van der Waals surface area contributed by atoms with Crippen LogP contribution in [0.5, 0.6) is 5.75 Å². The van der Waals surface area contributed by atoms with Crippen LogP contribution in [0.4, 0.5) is 5.82 Å². The first-order valence-corrected chi connectivity index (χ1v) is 8.29. The van der Waals surface area contributed by atoms with E-state index in [-0.39, 0.29) is 23.3 Å². The normalized spacial score (nSPS) is 11.8. The van der Waals surface area contributed by atoms with Gasteiger partial charge in [-0.2, -0.15) is 4.68 Å². The van der Waals surface area contributed by atoms with Gasteiger partial charge in [0.15, 0.2) is 11.5 Å². The lowest BCUT2D eigenvalue weighted by molar-refractivity contribution is 0.0947. The topological polar surface area (TPSA) is 95.1 Å². The second kappa shape index (κ2) is 7.69. The number of hydrogen-bond donors (Lipinski definition) is 2. The van der Waals surface area contributed by atoms with Crippen LogP contribution in [0.1, 0.15) is 28.9 Å². The smallest absolute Gasteiger partial charge is 0.275 e. The summed E-state index contributed by atoms with van der Waals surface area (Å²) in [7, 11) is 1.59. The van der Waals surface area contributed by atoms with Gasteiger partial charge < -0.3 is 15.8 Å². The Bertz CT molecular complexity index is 875. The van der Waals surface area contributed by atoms with Gasteiger partial charge in [0.05, 0.1) is 12.8 Å². The number of rotatable bonds is 6. The maximum Gasteiger partial charge on any atom is 0.275 e. The third-order valence-electron chi connectivity index (χ3n) is 4.17. The molecule has 26 heavy (non-hydrogen) atoms. The molecule has 1 aromatic heterocycles. The van der Waals surface area contributed by atoms with Crippen molar-refractivity contribution >= 4 is 11.7 Å². The standard InChI is InChI=1S/C19H21N5O2/c1-13(14-6-4-3-5-7-14)12-21-19(25)17-18(20)24(23-22-17)15-8-10-16(26-2)11-9-15/h3-11,13H,12,20H2,1-2H3,(H,21,25). The van der Waals surface area contributed by atoms with Crippen molar-refractivity contribution in [3.8, 4) is 11.4 Å². The summed E-state index contributed by atoms with van der Waals surface area (Å²) in [5.74, 6) is 0.753. The van der Waals surface area contributed by atoms with E-state index in [0.29, 0.717) is 12.2 Å². The van der Waals surface area contributed by atoms with Gasteiger partial charge in [-0.15, -0.1) is 5.10 Å². The fraction of sp³-hybridized carbons (Fsp3) is 0.211. The fourth-order valence-corrected chi connectivity index (χ4v) is 2.59. The van der Waals surface area contributed by atoms with Crippen molar-refractivity contribution in [3.63, 3.8) is 0 Å².